The summed E-state index contributed by atoms with van der Waals surface area (Å²) >= 11 is 0. The molecule has 0 bridgehead atoms. The van der Waals surface area contributed by atoms with Crippen LogP contribution in [0.3, 0.4) is 0 Å². The van der Waals surface area contributed by atoms with Gasteiger partial charge in [0.2, 0.25) is 0 Å². The number of hydrogen-bond donors (Lipinski definition) is 0. The van der Waals surface area contributed by atoms with Crippen LogP contribution in [0, 0.1) is 11.8 Å². The fourth-order valence-electron chi connectivity index (χ4n) is 4.24. The van der Waals surface area contributed by atoms with Crippen molar-refractivity contribution in [3.8, 4) is 0 Å². The summed E-state index contributed by atoms with van der Waals surface area (Å²) < 4.78 is 0. The summed E-state index contributed by atoms with van der Waals surface area (Å²) in [6, 6.07) is 0.913. The van der Waals surface area contributed by atoms with Crippen LogP contribution in [0.5, 0.6) is 0 Å². The van der Waals surface area contributed by atoms with Crippen molar-refractivity contribution in [2.75, 3.05) is 19.6 Å². The van der Waals surface area contributed by atoms with Crippen LogP contribution in [-0.4, -0.2) is 41.5 Å². The van der Waals surface area contributed by atoms with Gasteiger partial charge in [0, 0.05) is 25.7 Å². The van der Waals surface area contributed by atoms with Crippen LogP contribution in [0.2, 0.25) is 0 Å². The highest BCUT2D eigenvalue weighted by molar-refractivity contribution is 5.75. The quantitative estimate of drug-likeness (QED) is 0.711. The van der Waals surface area contributed by atoms with Gasteiger partial charge in [-0.2, -0.15) is 0 Å². The summed E-state index contributed by atoms with van der Waals surface area (Å²) in [7, 11) is 0. The SMILES string of the molecule is CC1CCN(C(=O)N2CCCC2C2CCCC2)CC1. The monoisotopic (exact) mass is 264 g/mol. The van der Waals surface area contributed by atoms with Crippen molar-refractivity contribution in [3.05, 3.63) is 0 Å². The molecule has 1 unspecified atom stereocenters. The number of urea groups is 1. The van der Waals surface area contributed by atoms with Crippen molar-refractivity contribution in [2.24, 2.45) is 11.8 Å². The molecule has 0 aromatic rings. The van der Waals surface area contributed by atoms with Gasteiger partial charge in [-0.1, -0.05) is 19.8 Å². The Balaban J connectivity index is 1.61. The van der Waals surface area contributed by atoms with E-state index in [-0.39, 0.29) is 0 Å². The maximum absolute atomic E-state index is 12.7. The molecule has 0 aromatic carbocycles. The highest BCUT2D eigenvalue weighted by atomic mass is 16.2. The lowest BCUT2D eigenvalue weighted by Gasteiger charge is -2.37. The lowest BCUT2D eigenvalue weighted by Crippen LogP contribution is -2.49. The molecule has 108 valence electrons. The Bertz CT molecular complexity index is 317. The second-order valence-electron chi connectivity index (χ2n) is 6.90. The maximum atomic E-state index is 12.7. The molecule has 2 heterocycles. The van der Waals surface area contributed by atoms with Crippen molar-refractivity contribution < 1.29 is 4.79 Å². The van der Waals surface area contributed by atoms with Crippen molar-refractivity contribution in [1.82, 2.24) is 9.80 Å². The van der Waals surface area contributed by atoms with E-state index in [0.717, 1.165) is 31.5 Å². The van der Waals surface area contributed by atoms with Crippen molar-refractivity contribution >= 4 is 6.03 Å². The van der Waals surface area contributed by atoms with Gasteiger partial charge in [-0.15, -0.1) is 0 Å². The van der Waals surface area contributed by atoms with Gasteiger partial charge >= 0.3 is 6.03 Å². The van der Waals surface area contributed by atoms with E-state index in [4.69, 9.17) is 0 Å². The highest BCUT2D eigenvalue weighted by Crippen LogP contribution is 2.36. The molecule has 3 rings (SSSR count). The number of amides is 2. The Hall–Kier alpha value is -0.730. The van der Waals surface area contributed by atoms with E-state index >= 15 is 0 Å². The zero-order chi connectivity index (χ0) is 13.2. The van der Waals surface area contributed by atoms with Crippen LogP contribution in [0.15, 0.2) is 0 Å². The molecule has 0 spiro atoms. The first kappa shape index (κ1) is 13.3. The van der Waals surface area contributed by atoms with E-state index in [9.17, 15) is 4.79 Å². The van der Waals surface area contributed by atoms with E-state index in [2.05, 4.69) is 16.7 Å². The van der Waals surface area contributed by atoms with E-state index in [1.807, 2.05) is 0 Å². The third-order valence-electron chi connectivity index (χ3n) is 5.54. The smallest absolute Gasteiger partial charge is 0.320 e. The molecule has 0 radical (unpaired) electrons. The minimum Gasteiger partial charge on any atom is -0.325 e. The van der Waals surface area contributed by atoms with Crippen molar-refractivity contribution in [2.45, 2.75) is 64.3 Å². The van der Waals surface area contributed by atoms with Gasteiger partial charge in [-0.3, -0.25) is 0 Å². The predicted molar refractivity (Wildman–Crippen MR) is 77.1 cm³/mol. The average Bonchev–Trinajstić information content (AvgIpc) is 3.09. The van der Waals surface area contributed by atoms with Gasteiger partial charge in [-0.25, -0.2) is 4.79 Å². The minimum atomic E-state index is 0.348. The fourth-order valence-corrected chi connectivity index (χ4v) is 4.24. The maximum Gasteiger partial charge on any atom is 0.320 e. The molecule has 3 aliphatic rings. The van der Waals surface area contributed by atoms with Crippen LogP contribution in [-0.2, 0) is 0 Å². The molecule has 1 atom stereocenters. The molecule has 2 saturated heterocycles. The normalized spacial score (nSPS) is 30.3. The Morgan fingerprint density at radius 1 is 0.895 bits per heavy atom. The van der Waals surface area contributed by atoms with Crippen LogP contribution in [0.25, 0.3) is 0 Å². The third kappa shape index (κ3) is 2.75. The standard InChI is InChI=1S/C16H28N2O/c1-13-8-11-17(12-9-13)16(19)18-10-4-7-15(18)14-5-2-3-6-14/h13-15H,2-12H2,1H3. The lowest BCUT2D eigenvalue weighted by molar-refractivity contribution is 0.118. The first-order valence-corrected chi connectivity index (χ1v) is 8.31. The number of piperidine rings is 1. The Morgan fingerprint density at radius 3 is 2.26 bits per heavy atom. The van der Waals surface area contributed by atoms with Crippen LogP contribution in [0.4, 0.5) is 4.79 Å². The predicted octanol–water partition coefficient (Wildman–Crippen LogP) is 3.49. The molecule has 1 aliphatic carbocycles. The minimum absolute atomic E-state index is 0.348. The molecule has 1 saturated carbocycles. The van der Waals surface area contributed by atoms with Crippen LogP contribution in [0.1, 0.15) is 58.3 Å². The molecule has 2 aliphatic heterocycles. The molecule has 2 amide bonds. The van der Waals surface area contributed by atoms with Crippen molar-refractivity contribution in [3.63, 3.8) is 0 Å². The number of carbonyl (C=O) groups excluding carboxylic acids is 1. The van der Waals surface area contributed by atoms with Gasteiger partial charge in [0.25, 0.3) is 0 Å². The van der Waals surface area contributed by atoms with E-state index < -0.39 is 0 Å². The average molecular weight is 264 g/mol. The molecule has 3 heteroatoms. The number of likely N-dealkylation sites (tertiary alicyclic amines) is 2. The topological polar surface area (TPSA) is 23.6 Å². The van der Waals surface area contributed by atoms with Gasteiger partial charge in [-0.05, 0) is 50.4 Å². The zero-order valence-electron chi connectivity index (χ0n) is 12.3. The Morgan fingerprint density at radius 2 is 1.58 bits per heavy atom. The number of rotatable bonds is 1. The lowest BCUT2D eigenvalue weighted by atomic mass is 9.96. The highest BCUT2D eigenvalue weighted by Gasteiger charge is 2.37. The number of carbonyl (C=O) groups is 1. The molecule has 0 N–H and O–H groups in total. The first-order chi connectivity index (χ1) is 9.25. The summed E-state index contributed by atoms with van der Waals surface area (Å²) in [6.45, 7) is 5.27. The summed E-state index contributed by atoms with van der Waals surface area (Å²) in [5, 5.41) is 0. The van der Waals surface area contributed by atoms with Gasteiger partial charge < -0.3 is 9.80 Å². The van der Waals surface area contributed by atoms with Crippen molar-refractivity contribution in [1.29, 1.82) is 0 Å². The molecular weight excluding hydrogens is 236 g/mol. The summed E-state index contributed by atoms with van der Waals surface area (Å²) in [6.07, 6.45) is 10.3. The number of nitrogens with zero attached hydrogens (tertiary/aromatic N) is 2. The Labute approximate surface area is 117 Å². The summed E-state index contributed by atoms with van der Waals surface area (Å²) in [4.78, 5) is 17.1. The van der Waals surface area contributed by atoms with Gasteiger partial charge in [0.15, 0.2) is 0 Å². The zero-order valence-corrected chi connectivity index (χ0v) is 12.3. The molecule has 3 fully saturated rings. The van der Waals surface area contributed by atoms with E-state index in [1.54, 1.807) is 0 Å². The molecular formula is C16H28N2O. The third-order valence-corrected chi connectivity index (χ3v) is 5.54. The molecule has 3 nitrogen and oxygen atoms in total. The fraction of sp³-hybridized carbons (Fsp3) is 0.938. The molecule has 19 heavy (non-hydrogen) atoms. The van der Waals surface area contributed by atoms with Gasteiger partial charge in [0.1, 0.15) is 0 Å². The first-order valence-electron chi connectivity index (χ1n) is 8.31. The number of hydrogen-bond acceptors (Lipinski definition) is 1. The Kier molecular flexibility index (Phi) is 3.99. The van der Waals surface area contributed by atoms with E-state index in [0.29, 0.717) is 12.1 Å². The summed E-state index contributed by atoms with van der Waals surface area (Å²) in [5.41, 5.74) is 0. The summed E-state index contributed by atoms with van der Waals surface area (Å²) in [5.74, 6) is 1.60. The van der Waals surface area contributed by atoms with E-state index in [1.165, 1.54) is 51.4 Å². The largest absolute Gasteiger partial charge is 0.325 e. The van der Waals surface area contributed by atoms with Crippen LogP contribution >= 0.6 is 0 Å². The van der Waals surface area contributed by atoms with Crippen LogP contribution < -0.4 is 0 Å². The molecule has 0 aromatic heterocycles. The second kappa shape index (κ2) is 5.72. The van der Waals surface area contributed by atoms with Gasteiger partial charge in [0.05, 0.1) is 0 Å². The second-order valence-corrected chi connectivity index (χ2v) is 6.90.